The van der Waals surface area contributed by atoms with Crippen LogP contribution in [0.15, 0.2) is 42.7 Å². The highest BCUT2D eigenvalue weighted by Crippen LogP contribution is 2.44. The first-order valence-electron chi connectivity index (χ1n) is 10.8. The van der Waals surface area contributed by atoms with E-state index in [4.69, 9.17) is 4.74 Å². The van der Waals surface area contributed by atoms with Crippen LogP contribution in [0.5, 0.6) is 5.75 Å². The minimum atomic E-state index is -0.238. The van der Waals surface area contributed by atoms with E-state index in [1.807, 2.05) is 29.2 Å². The van der Waals surface area contributed by atoms with Crippen LogP contribution in [0.4, 0.5) is 5.95 Å². The number of carbonyl (C=O) groups excluding carboxylic acids is 2. The second-order valence-electron chi connectivity index (χ2n) is 8.72. The minimum absolute atomic E-state index is 0.0390. The van der Waals surface area contributed by atoms with Crippen molar-refractivity contribution in [2.75, 3.05) is 38.2 Å². The van der Waals surface area contributed by atoms with Crippen molar-refractivity contribution in [1.82, 2.24) is 20.2 Å². The van der Waals surface area contributed by atoms with Crippen molar-refractivity contribution in [3.05, 3.63) is 48.3 Å². The van der Waals surface area contributed by atoms with E-state index >= 15 is 0 Å². The first-order valence-corrected chi connectivity index (χ1v) is 10.8. The largest absolute Gasteiger partial charge is 0.497 e. The lowest BCUT2D eigenvalue weighted by atomic mass is 9.75. The number of likely N-dealkylation sites (tertiary alicyclic amines) is 1. The van der Waals surface area contributed by atoms with Gasteiger partial charge in [-0.15, -0.1) is 0 Å². The number of aromatic nitrogens is 2. The van der Waals surface area contributed by atoms with Gasteiger partial charge in [-0.3, -0.25) is 9.59 Å². The zero-order chi connectivity index (χ0) is 21.4. The van der Waals surface area contributed by atoms with Crippen molar-refractivity contribution >= 4 is 17.8 Å². The van der Waals surface area contributed by atoms with E-state index in [1.165, 1.54) is 0 Å². The molecule has 0 radical (unpaired) electrons. The molecule has 3 aliphatic heterocycles. The van der Waals surface area contributed by atoms with E-state index in [9.17, 15) is 9.59 Å². The van der Waals surface area contributed by atoms with Crippen LogP contribution < -0.4 is 15.0 Å². The molecule has 5 rings (SSSR count). The standard InChI is InChI=1S/C23H27N5O3/c1-31-17-5-2-4-16(12-17)13-20(29)27-10-6-23(7-11-27)19-15-28(14-18(19)21(30)26-23)22-24-8-3-9-25-22/h2-5,8-9,12,18-19H,6-7,10-11,13-15H2,1H3,(H,26,30)/t18-,19+/m0/s1. The Morgan fingerprint density at radius 2 is 1.97 bits per heavy atom. The Balaban J connectivity index is 1.24. The highest BCUT2D eigenvalue weighted by molar-refractivity contribution is 5.85. The number of hydrogen-bond donors (Lipinski definition) is 1. The molecule has 2 aromatic rings. The number of ether oxygens (including phenoxy) is 1. The summed E-state index contributed by atoms with van der Waals surface area (Å²) in [6.45, 7) is 2.74. The number of nitrogens with one attached hydrogen (secondary N) is 1. The Kier molecular flexibility index (Phi) is 5.00. The summed E-state index contributed by atoms with van der Waals surface area (Å²) in [7, 11) is 1.63. The molecule has 2 amide bonds. The van der Waals surface area contributed by atoms with Gasteiger partial charge in [-0.25, -0.2) is 9.97 Å². The Labute approximate surface area is 181 Å². The quantitative estimate of drug-likeness (QED) is 0.800. The van der Waals surface area contributed by atoms with Gasteiger partial charge in [0.05, 0.1) is 19.4 Å². The summed E-state index contributed by atoms with van der Waals surface area (Å²) in [5.74, 6) is 1.87. The number of methoxy groups -OCH3 is 1. The zero-order valence-corrected chi connectivity index (χ0v) is 17.7. The Morgan fingerprint density at radius 3 is 2.71 bits per heavy atom. The molecule has 0 aliphatic carbocycles. The first-order chi connectivity index (χ1) is 15.1. The highest BCUT2D eigenvalue weighted by atomic mass is 16.5. The van der Waals surface area contributed by atoms with Crippen LogP contribution in [0, 0.1) is 11.8 Å². The van der Waals surface area contributed by atoms with Gasteiger partial charge in [-0.1, -0.05) is 12.1 Å². The van der Waals surface area contributed by atoms with Crippen LogP contribution in [0.1, 0.15) is 18.4 Å². The lowest BCUT2D eigenvalue weighted by molar-refractivity contribution is -0.132. The smallest absolute Gasteiger partial charge is 0.226 e. The van der Waals surface area contributed by atoms with Crippen LogP contribution in [-0.2, 0) is 16.0 Å². The van der Waals surface area contributed by atoms with E-state index in [0.717, 1.165) is 30.7 Å². The third kappa shape index (κ3) is 3.60. The average Bonchev–Trinajstić information content (AvgIpc) is 3.35. The number of fused-ring (bicyclic) bond motifs is 2. The maximum absolute atomic E-state index is 12.9. The molecule has 2 atom stereocenters. The van der Waals surface area contributed by atoms with Crippen LogP contribution >= 0.6 is 0 Å². The molecule has 31 heavy (non-hydrogen) atoms. The van der Waals surface area contributed by atoms with Gasteiger partial charge in [-0.05, 0) is 36.6 Å². The molecule has 3 fully saturated rings. The normalized spacial score (nSPS) is 24.2. The van der Waals surface area contributed by atoms with Crippen molar-refractivity contribution in [3.63, 3.8) is 0 Å². The maximum Gasteiger partial charge on any atom is 0.226 e. The molecular formula is C23H27N5O3. The topological polar surface area (TPSA) is 87.7 Å². The number of piperidine rings is 1. The molecule has 3 aliphatic rings. The van der Waals surface area contributed by atoms with Crippen molar-refractivity contribution < 1.29 is 14.3 Å². The van der Waals surface area contributed by atoms with Crippen LogP contribution in [-0.4, -0.2) is 65.5 Å². The number of rotatable bonds is 4. The summed E-state index contributed by atoms with van der Waals surface area (Å²) in [5.41, 5.74) is 0.714. The number of benzene rings is 1. The van der Waals surface area contributed by atoms with Gasteiger partial charge in [0, 0.05) is 50.0 Å². The molecule has 1 aromatic heterocycles. The van der Waals surface area contributed by atoms with E-state index < -0.39 is 0 Å². The van der Waals surface area contributed by atoms with Crippen molar-refractivity contribution in [1.29, 1.82) is 0 Å². The lowest BCUT2D eigenvalue weighted by Crippen LogP contribution is -2.56. The van der Waals surface area contributed by atoms with E-state index in [-0.39, 0.29) is 29.2 Å². The molecule has 4 heterocycles. The molecule has 8 heteroatoms. The van der Waals surface area contributed by atoms with Gasteiger partial charge < -0.3 is 19.9 Å². The number of amides is 2. The maximum atomic E-state index is 12.9. The fourth-order valence-corrected chi connectivity index (χ4v) is 5.40. The van der Waals surface area contributed by atoms with Crippen LogP contribution in [0.25, 0.3) is 0 Å². The van der Waals surface area contributed by atoms with Gasteiger partial charge in [0.1, 0.15) is 5.75 Å². The van der Waals surface area contributed by atoms with Crippen molar-refractivity contribution in [2.24, 2.45) is 11.8 Å². The minimum Gasteiger partial charge on any atom is -0.497 e. The number of hydrogen-bond acceptors (Lipinski definition) is 6. The third-order valence-corrected chi connectivity index (χ3v) is 7.07. The van der Waals surface area contributed by atoms with Crippen molar-refractivity contribution in [3.8, 4) is 5.75 Å². The SMILES string of the molecule is COc1cccc(CC(=O)N2CCC3(CC2)NC(=O)[C@H]2CN(c4ncccn4)C[C@H]23)c1. The molecule has 1 N–H and O–H groups in total. The lowest BCUT2D eigenvalue weighted by Gasteiger charge is -2.42. The molecule has 1 spiro atoms. The van der Waals surface area contributed by atoms with Gasteiger partial charge in [-0.2, -0.15) is 0 Å². The van der Waals surface area contributed by atoms with Crippen LogP contribution in [0.2, 0.25) is 0 Å². The van der Waals surface area contributed by atoms with Crippen LogP contribution in [0.3, 0.4) is 0 Å². The summed E-state index contributed by atoms with van der Waals surface area (Å²) in [5, 5.41) is 3.31. The number of carbonyl (C=O) groups is 2. The molecule has 1 aromatic carbocycles. The Bertz CT molecular complexity index is 974. The Morgan fingerprint density at radius 1 is 1.19 bits per heavy atom. The molecule has 0 unspecified atom stereocenters. The molecule has 8 nitrogen and oxygen atoms in total. The predicted molar refractivity (Wildman–Crippen MR) is 115 cm³/mol. The molecular weight excluding hydrogens is 394 g/mol. The predicted octanol–water partition coefficient (Wildman–Crippen LogP) is 1.27. The summed E-state index contributed by atoms with van der Waals surface area (Å²) >= 11 is 0. The average molecular weight is 422 g/mol. The van der Waals surface area contributed by atoms with Gasteiger partial charge in [0.15, 0.2) is 0 Å². The second kappa shape index (κ2) is 7.83. The first kappa shape index (κ1) is 19.8. The summed E-state index contributed by atoms with van der Waals surface area (Å²) in [4.78, 5) is 38.4. The molecule has 0 saturated carbocycles. The van der Waals surface area contributed by atoms with E-state index in [2.05, 4.69) is 20.2 Å². The molecule has 3 saturated heterocycles. The molecule has 0 bridgehead atoms. The fraction of sp³-hybridized carbons (Fsp3) is 0.478. The van der Waals surface area contributed by atoms with E-state index in [0.29, 0.717) is 32.0 Å². The van der Waals surface area contributed by atoms with Crippen molar-refractivity contribution in [2.45, 2.75) is 24.8 Å². The summed E-state index contributed by atoms with van der Waals surface area (Å²) in [6.07, 6.45) is 5.40. The number of nitrogens with zero attached hydrogens (tertiary/aromatic N) is 4. The van der Waals surface area contributed by atoms with Gasteiger partial charge in [0.25, 0.3) is 0 Å². The summed E-state index contributed by atoms with van der Waals surface area (Å²) < 4.78 is 5.26. The zero-order valence-electron chi connectivity index (χ0n) is 17.7. The Hall–Kier alpha value is -3.16. The van der Waals surface area contributed by atoms with E-state index in [1.54, 1.807) is 25.6 Å². The molecule has 162 valence electrons. The number of anilines is 1. The van der Waals surface area contributed by atoms with Gasteiger partial charge in [0.2, 0.25) is 17.8 Å². The third-order valence-electron chi connectivity index (χ3n) is 7.07. The summed E-state index contributed by atoms with van der Waals surface area (Å²) in [6, 6.07) is 9.44. The fourth-order valence-electron chi connectivity index (χ4n) is 5.40. The monoisotopic (exact) mass is 421 g/mol. The highest BCUT2D eigenvalue weighted by Gasteiger charge is 2.57. The van der Waals surface area contributed by atoms with Gasteiger partial charge >= 0.3 is 0 Å². The second-order valence-corrected chi connectivity index (χ2v) is 8.72.